The number of hydrogen-bond donors (Lipinski definition) is 0. The summed E-state index contributed by atoms with van der Waals surface area (Å²) in [6, 6.07) is 8.29. The lowest BCUT2D eigenvalue weighted by molar-refractivity contribution is -0.145. The fourth-order valence-electron chi connectivity index (χ4n) is 1.88. The molecule has 18 heavy (non-hydrogen) atoms. The summed E-state index contributed by atoms with van der Waals surface area (Å²) < 4.78 is 5.16. The smallest absolute Gasteiger partial charge is 0.313 e. The Hall–Kier alpha value is -1.31. The molecular formula is C16H24O2. The van der Waals surface area contributed by atoms with E-state index in [9.17, 15) is 4.79 Å². The zero-order valence-electron chi connectivity index (χ0n) is 11.9. The van der Waals surface area contributed by atoms with Gasteiger partial charge in [-0.15, -0.1) is 0 Å². The minimum Gasteiger partial charge on any atom is -0.465 e. The molecule has 1 atom stereocenters. The SMILES string of the molecule is CCCOC(=O)[C@@H](C)c1ccc(CC(C)C)cc1. The molecule has 0 saturated carbocycles. The molecule has 0 fully saturated rings. The largest absolute Gasteiger partial charge is 0.465 e. The molecule has 0 aromatic heterocycles. The molecule has 0 amide bonds. The van der Waals surface area contributed by atoms with Gasteiger partial charge < -0.3 is 4.74 Å². The number of rotatable bonds is 6. The van der Waals surface area contributed by atoms with E-state index in [1.54, 1.807) is 0 Å². The first-order chi connectivity index (χ1) is 8.54. The Bertz CT molecular complexity index is 365. The number of carbonyl (C=O) groups is 1. The standard InChI is InChI=1S/C16H24O2/c1-5-10-18-16(17)13(4)15-8-6-14(7-9-15)11-12(2)3/h6-9,12-13H,5,10-11H2,1-4H3/t13-/m0/s1. The highest BCUT2D eigenvalue weighted by Gasteiger charge is 2.16. The topological polar surface area (TPSA) is 26.3 Å². The summed E-state index contributed by atoms with van der Waals surface area (Å²) >= 11 is 0. The van der Waals surface area contributed by atoms with Crippen molar-refractivity contribution in [2.24, 2.45) is 5.92 Å². The summed E-state index contributed by atoms with van der Waals surface area (Å²) in [5, 5.41) is 0. The van der Waals surface area contributed by atoms with Gasteiger partial charge in [0.05, 0.1) is 12.5 Å². The Morgan fingerprint density at radius 1 is 1.17 bits per heavy atom. The van der Waals surface area contributed by atoms with E-state index in [0.717, 1.165) is 18.4 Å². The lowest BCUT2D eigenvalue weighted by atomic mass is 9.97. The van der Waals surface area contributed by atoms with Crippen LogP contribution in [0.3, 0.4) is 0 Å². The number of benzene rings is 1. The second kappa shape index (κ2) is 7.20. The van der Waals surface area contributed by atoms with Crippen LogP contribution in [0.5, 0.6) is 0 Å². The molecule has 0 bridgehead atoms. The van der Waals surface area contributed by atoms with E-state index in [2.05, 4.69) is 26.0 Å². The Morgan fingerprint density at radius 2 is 1.78 bits per heavy atom. The molecule has 0 heterocycles. The van der Waals surface area contributed by atoms with Gasteiger partial charge in [0.15, 0.2) is 0 Å². The van der Waals surface area contributed by atoms with Crippen molar-refractivity contribution in [3.8, 4) is 0 Å². The zero-order valence-corrected chi connectivity index (χ0v) is 11.9. The summed E-state index contributed by atoms with van der Waals surface area (Å²) in [7, 11) is 0. The Labute approximate surface area is 110 Å². The summed E-state index contributed by atoms with van der Waals surface area (Å²) in [4.78, 5) is 11.7. The molecule has 1 aromatic rings. The highest BCUT2D eigenvalue weighted by molar-refractivity contribution is 5.77. The molecule has 0 N–H and O–H groups in total. The van der Waals surface area contributed by atoms with Crippen molar-refractivity contribution >= 4 is 5.97 Å². The van der Waals surface area contributed by atoms with Crippen molar-refractivity contribution < 1.29 is 9.53 Å². The van der Waals surface area contributed by atoms with Gasteiger partial charge in [0.2, 0.25) is 0 Å². The van der Waals surface area contributed by atoms with Crippen LogP contribution in [-0.2, 0) is 16.0 Å². The first-order valence-electron chi connectivity index (χ1n) is 6.80. The summed E-state index contributed by atoms with van der Waals surface area (Å²) in [6.45, 7) is 8.82. The first kappa shape index (κ1) is 14.7. The van der Waals surface area contributed by atoms with Crippen LogP contribution in [0.2, 0.25) is 0 Å². The third kappa shape index (κ3) is 4.52. The maximum Gasteiger partial charge on any atom is 0.313 e. The average molecular weight is 248 g/mol. The third-order valence-corrected chi connectivity index (χ3v) is 2.93. The maximum atomic E-state index is 11.7. The molecule has 0 unspecified atom stereocenters. The molecule has 0 aliphatic heterocycles. The van der Waals surface area contributed by atoms with Crippen LogP contribution in [0.15, 0.2) is 24.3 Å². The molecule has 0 aliphatic carbocycles. The molecule has 0 spiro atoms. The van der Waals surface area contributed by atoms with Gasteiger partial charge in [-0.1, -0.05) is 45.0 Å². The minimum absolute atomic E-state index is 0.131. The van der Waals surface area contributed by atoms with E-state index in [1.807, 2.05) is 26.0 Å². The quantitative estimate of drug-likeness (QED) is 0.713. The second-order valence-corrected chi connectivity index (χ2v) is 5.23. The molecule has 2 nitrogen and oxygen atoms in total. The number of ether oxygens (including phenoxy) is 1. The van der Waals surface area contributed by atoms with Gasteiger partial charge in [-0.25, -0.2) is 0 Å². The van der Waals surface area contributed by atoms with Crippen molar-refractivity contribution in [3.05, 3.63) is 35.4 Å². The highest BCUT2D eigenvalue weighted by atomic mass is 16.5. The van der Waals surface area contributed by atoms with Crippen LogP contribution in [0.25, 0.3) is 0 Å². The third-order valence-electron chi connectivity index (χ3n) is 2.93. The summed E-state index contributed by atoms with van der Waals surface area (Å²) in [5.74, 6) is 0.348. The molecule has 2 heteroatoms. The summed E-state index contributed by atoms with van der Waals surface area (Å²) in [5.41, 5.74) is 2.35. The van der Waals surface area contributed by atoms with Crippen molar-refractivity contribution in [2.45, 2.75) is 46.5 Å². The average Bonchev–Trinajstić information content (AvgIpc) is 2.35. The van der Waals surface area contributed by atoms with Crippen molar-refractivity contribution in [1.29, 1.82) is 0 Å². The summed E-state index contributed by atoms with van der Waals surface area (Å²) in [6.07, 6.45) is 1.95. The molecule has 1 aromatic carbocycles. The maximum absolute atomic E-state index is 11.7. The highest BCUT2D eigenvalue weighted by Crippen LogP contribution is 2.18. The zero-order chi connectivity index (χ0) is 13.5. The van der Waals surface area contributed by atoms with Crippen LogP contribution in [0, 0.1) is 5.92 Å². The Balaban J connectivity index is 2.63. The molecule has 1 rings (SSSR count). The monoisotopic (exact) mass is 248 g/mol. The van der Waals surface area contributed by atoms with Gasteiger partial charge in [0, 0.05) is 0 Å². The fourth-order valence-corrected chi connectivity index (χ4v) is 1.88. The molecule has 0 saturated heterocycles. The van der Waals surface area contributed by atoms with Crippen LogP contribution in [-0.4, -0.2) is 12.6 Å². The number of carbonyl (C=O) groups excluding carboxylic acids is 1. The Morgan fingerprint density at radius 3 is 2.28 bits per heavy atom. The van der Waals surface area contributed by atoms with Crippen LogP contribution in [0.1, 0.15) is 51.2 Å². The minimum atomic E-state index is -0.176. The molecular weight excluding hydrogens is 224 g/mol. The van der Waals surface area contributed by atoms with E-state index in [0.29, 0.717) is 12.5 Å². The second-order valence-electron chi connectivity index (χ2n) is 5.23. The van der Waals surface area contributed by atoms with Gasteiger partial charge in [-0.2, -0.15) is 0 Å². The fraction of sp³-hybridized carbons (Fsp3) is 0.562. The van der Waals surface area contributed by atoms with Crippen molar-refractivity contribution in [3.63, 3.8) is 0 Å². The normalized spacial score (nSPS) is 12.5. The van der Waals surface area contributed by atoms with E-state index < -0.39 is 0 Å². The number of esters is 1. The van der Waals surface area contributed by atoms with Crippen molar-refractivity contribution in [2.75, 3.05) is 6.61 Å². The predicted molar refractivity (Wildman–Crippen MR) is 74.6 cm³/mol. The van der Waals surface area contributed by atoms with E-state index >= 15 is 0 Å². The van der Waals surface area contributed by atoms with E-state index in [4.69, 9.17) is 4.74 Å². The van der Waals surface area contributed by atoms with Crippen molar-refractivity contribution in [1.82, 2.24) is 0 Å². The number of hydrogen-bond acceptors (Lipinski definition) is 2. The first-order valence-corrected chi connectivity index (χ1v) is 6.80. The lowest BCUT2D eigenvalue weighted by Gasteiger charge is -2.12. The van der Waals surface area contributed by atoms with Crippen LogP contribution in [0.4, 0.5) is 0 Å². The van der Waals surface area contributed by atoms with E-state index in [-0.39, 0.29) is 11.9 Å². The van der Waals surface area contributed by atoms with E-state index in [1.165, 1.54) is 5.56 Å². The van der Waals surface area contributed by atoms with Gasteiger partial charge >= 0.3 is 5.97 Å². The van der Waals surface area contributed by atoms with Crippen LogP contribution >= 0.6 is 0 Å². The van der Waals surface area contributed by atoms with Gasteiger partial charge in [-0.05, 0) is 36.8 Å². The predicted octanol–water partition coefficient (Wildman–Crippen LogP) is 3.94. The Kier molecular flexibility index (Phi) is 5.90. The van der Waals surface area contributed by atoms with Crippen LogP contribution < -0.4 is 0 Å². The van der Waals surface area contributed by atoms with Gasteiger partial charge in [-0.3, -0.25) is 4.79 Å². The molecule has 0 aliphatic rings. The van der Waals surface area contributed by atoms with Gasteiger partial charge in [0.1, 0.15) is 0 Å². The molecule has 100 valence electrons. The van der Waals surface area contributed by atoms with Gasteiger partial charge in [0.25, 0.3) is 0 Å². The lowest BCUT2D eigenvalue weighted by Crippen LogP contribution is -2.13. The molecule has 0 radical (unpaired) electrons.